The first-order valence-corrected chi connectivity index (χ1v) is 12.5. The summed E-state index contributed by atoms with van der Waals surface area (Å²) >= 11 is 0. The van der Waals surface area contributed by atoms with E-state index in [0.717, 1.165) is 0 Å². The summed E-state index contributed by atoms with van der Waals surface area (Å²) in [6, 6.07) is 20.1. The number of nitrogens with zero attached hydrogens (tertiary/aromatic N) is 3. The van der Waals surface area contributed by atoms with Crippen LogP contribution in [0.4, 0.5) is 0 Å². The molecule has 10 heteroatoms. The number of esters is 1. The monoisotopic (exact) mass is 495 g/mol. The van der Waals surface area contributed by atoms with Crippen LogP contribution in [0, 0.1) is 0 Å². The molecule has 1 atom stereocenters. The van der Waals surface area contributed by atoms with Crippen molar-refractivity contribution in [2.45, 2.75) is 17.9 Å². The number of hydrogen-bond acceptors (Lipinski definition) is 7. The van der Waals surface area contributed by atoms with Crippen molar-refractivity contribution in [1.82, 2.24) is 14.2 Å². The molecule has 0 saturated carbocycles. The summed E-state index contributed by atoms with van der Waals surface area (Å²) in [6.45, 7) is 2.19. The molecule has 1 aliphatic heterocycles. The number of pyridine rings is 1. The molecule has 0 aliphatic carbocycles. The van der Waals surface area contributed by atoms with E-state index in [0.29, 0.717) is 5.75 Å². The Hall–Kier alpha value is -3.76. The number of sulfonamides is 1. The Morgan fingerprint density at radius 3 is 2.17 bits per heavy atom. The van der Waals surface area contributed by atoms with E-state index >= 15 is 0 Å². The van der Waals surface area contributed by atoms with Crippen LogP contribution in [0.1, 0.15) is 17.3 Å². The second kappa shape index (κ2) is 10.7. The van der Waals surface area contributed by atoms with Gasteiger partial charge in [-0.2, -0.15) is 4.31 Å². The Bertz CT molecular complexity index is 1280. The zero-order valence-electron chi connectivity index (χ0n) is 19.1. The maximum Gasteiger partial charge on any atom is 0.344 e. The molecule has 0 spiro atoms. The van der Waals surface area contributed by atoms with Crippen molar-refractivity contribution in [3.05, 3.63) is 84.6 Å². The van der Waals surface area contributed by atoms with Crippen LogP contribution < -0.4 is 4.74 Å². The van der Waals surface area contributed by atoms with Crippen LogP contribution >= 0.6 is 0 Å². The van der Waals surface area contributed by atoms with Crippen LogP contribution in [0.2, 0.25) is 0 Å². The van der Waals surface area contributed by atoms with E-state index in [1.54, 1.807) is 60.7 Å². The third-order valence-electron chi connectivity index (χ3n) is 5.51. The van der Waals surface area contributed by atoms with Crippen molar-refractivity contribution >= 4 is 21.9 Å². The number of aromatic nitrogens is 1. The molecule has 35 heavy (non-hydrogen) atoms. The first kappa shape index (κ1) is 24.4. The Kier molecular flexibility index (Phi) is 7.42. The molecule has 2 heterocycles. The highest BCUT2D eigenvalue weighted by Crippen LogP contribution is 2.24. The Morgan fingerprint density at radius 1 is 0.886 bits per heavy atom. The second-order valence-electron chi connectivity index (χ2n) is 7.86. The van der Waals surface area contributed by atoms with Crippen molar-refractivity contribution in [1.29, 1.82) is 0 Å². The van der Waals surface area contributed by atoms with Crippen molar-refractivity contribution < 1.29 is 27.5 Å². The highest BCUT2D eigenvalue weighted by atomic mass is 32.2. The number of amides is 1. The summed E-state index contributed by atoms with van der Waals surface area (Å²) in [5.74, 6) is -0.560. The minimum Gasteiger partial charge on any atom is -0.449 e. The molecule has 0 bridgehead atoms. The minimum atomic E-state index is -3.63. The lowest BCUT2D eigenvalue weighted by Gasteiger charge is -2.35. The molecule has 1 aromatic heterocycles. The largest absolute Gasteiger partial charge is 0.449 e. The fourth-order valence-electron chi connectivity index (χ4n) is 3.65. The number of carbonyl (C=O) groups is 2. The van der Waals surface area contributed by atoms with Crippen LogP contribution in [-0.4, -0.2) is 66.8 Å². The molecular weight excluding hydrogens is 470 g/mol. The van der Waals surface area contributed by atoms with Gasteiger partial charge < -0.3 is 14.4 Å². The van der Waals surface area contributed by atoms with E-state index in [2.05, 4.69) is 4.98 Å². The molecule has 9 nitrogen and oxygen atoms in total. The number of benzene rings is 2. The first-order chi connectivity index (χ1) is 16.9. The fourth-order valence-corrected chi connectivity index (χ4v) is 5.09. The van der Waals surface area contributed by atoms with Gasteiger partial charge in [0.05, 0.1) is 4.90 Å². The van der Waals surface area contributed by atoms with E-state index < -0.39 is 28.0 Å². The van der Waals surface area contributed by atoms with Crippen LogP contribution in [0.5, 0.6) is 11.6 Å². The summed E-state index contributed by atoms with van der Waals surface area (Å²) in [4.78, 5) is 31.5. The smallest absolute Gasteiger partial charge is 0.344 e. The molecular formula is C25H25N3O6S. The molecule has 0 unspecified atom stereocenters. The maximum atomic E-state index is 12.9. The number of carbonyl (C=O) groups excluding carboxylic acids is 2. The van der Waals surface area contributed by atoms with Crippen LogP contribution in [0.3, 0.4) is 0 Å². The quantitative estimate of drug-likeness (QED) is 0.464. The number of hydrogen-bond donors (Lipinski definition) is 0. The van der Waals surface area contributed by atoms with Crippen molar-refractivity contribution in [3.8, 4) is 11.6 Å². The van der Waals surface area contributed by atoms with Gasteiger partial charge in [0.15, 0.2) is 6.10 Å². The lowest BCUT2D eigenvalue weighted by atomic mass is 10.2. The molecule has 0 N–H and O–H groups in total. The minimum absolute atomic E-state index is 0.0723. The Morgan fingerprint density at radius 2 is 1.51 bits per heavy atom. The third-order valence-corrected chi connectivity index (χ3v) is 7.42. The molecule has 182 valence electrons. The van der Waals surface area contributed by atoms with Gasteiger partial charge in [-0.25, -0.2) is 18.2 Å². The van der Waals surface area contributed by atoms with Crippen LogP contribution in [-0.2, 0) is 19.6 Å². The number of ether oxygens (including phenoxy) is 2. The van der Waals surface area contributed by atoms with E-state index in [9.17, 15) is 18.0 Å². The molecule has 1 fully saturated rings. The predicted molar refractivity (Wildman–Crippen MR) is 127 cm³/mol. The molecule has 1 saturated heterocycles. The number of piperazine rings is 1. The van der Waals surface area contributed by atoms with Crippen LogP contribution in [0.25, 0.3) is 0 Å². The molecule has 1 amide bonds. The van der Waals surface area contributed by atoms with Gasteiger partial charge in [0.1, 0.15) is 11.3 Å². The topological polar surface area (TPSA) is 106 Å². The predicted octanol–water partition coefficient (Wildman–Crippen LogP) is 2.95. The van der Waals surface area contributed by atoms with Gasteiger partial charge in [-0.05, 0) is 43.3 Å². The van der Waals surface area contributed by atoms with Gasteiger partial charge in [-0.3, -0.25) is 4.79 Å². The lowest BCUT2D eigenvalue weighted by molar-refractivity contribution is -0.141. The standard InChI is InChI=1S/C25H25N3O6S/c1-19(33-25(30)22-13-8-14-26-23(22)34-20-9-4-2-5-10-20)24(29)27-15-17-28(18-16-27)35(31,32)21-11-6-3-7-12-21/h2-14,19H,15-18H2,1H3/t19-/m0/s1. The second-order valence-corrected chi connectivity index (χ2v) is 9.80. The summed E-state index contributed by atoms with van der Waals surface area (Å²) < 4.78 is 38.1. The molecule has 1 aliphatic rings. The van der Waals surface area contributed by atoms with Gasteiger partial charge >= 0.3 is 5.97 Å². The molecule has 3 aromatic rings. The SMILES string of the molecule is C[C@H](OC(=O)c1cccnc1Oc1ccccc1)C(=O)N1CCN(S(=O)(=O)c2ccccc2)CC1. The van der Waals surface area contributed by atoms with Gasteiger partial charge in [-0.15, -0.1) is 0 Å². The van der Waals surface area contributed by atoms with Crippen molar-refractivity contribution in [2.24, 2.45) is 0 Å². The van der Waals surface area contributed by atoms with E-state index in [1.165, 1.54) is 28.4 Å². The summed E-state index contributed by atoms with van der Waals surface area (Å²) in [5, 5.41) is 0. The van der Waals surface area contributed by atoms with E-state index in [4.69, 9.17) is 9.47 Å². The Balaban J connectivity index is 1.36. The molecule has 2 aromatic carbocycles. The van der Waals surface area contributed by atoms with Gasteiger partial charge in [0.25, 0.3) is 5.91 Å². The maximum absolute atomic E-state index is 12.9. The molecule has 0 radical (unpaired) electrons. The summed E-state index contributed by atoms with van der Waals surface area (Å²) in [6.07, 6.45) is 0.427. The first-order valence-electron chi connectivity index (χ1n) is 11.1. The molecule has 4 rings (SSSR count). The number of rotatable bonds is 7. The van der Waals surface area contributed by atoms with Crippen molar-refractivity contribution in [2.75, 3.05) is 26.2 Å². The van der Waals surface area contributed by atoms with Gasteiger partial charge in [0, 0.05) is 32.4 Å². The zero-order chi connectivity index (χ0) is 24.8. The normalized spacial score (nSPS) is 15.3. The highest BCUT2D eigenvalue weighted by molar-refractivity contribution is 7.89. The lowest BCUT2D eigenvalue weighted by Crippen LogP contribution is -2.52. The Labute approximate surface area is 204 Å². The number of para-hydroxylation sites is 1. The van der Waals surface area contributed by atoms with E-state index in [1.807, 2.05) is 6.07 Å². The fraction of sp³-hybridized carbons (Fsp3) is 0.240. The third kappa shape index (κ3) is 5.67. The van der Waals surface area contributed by atoms with Crippen molar-refractivity contribution in [3.63, 3.8) is 0 Å². The summed E-state index contributed by atoms with van der Waals surface area (Å²) in [5.41, 5.74) is 0.0924. The van der Waals surface area contributed by atoms with Crippen LogP contribution in [0.15, 0.2) is 83.9 Å². The van der Waals surface area contributed by atoms with Gasteiger partial charge in [0.2, 0.25) is 15.9 Å². The average molecular weight is 496 g/mol. The average Bonchev–Trinajstić information content (AvgIpc) is 2.89. The summed E-state index contributed by atoms with van der Waals surface area (Å²) in [7, 11) is -3.63. The van der Waals surface area contributed by atoms with Gasteiger partial charge in [-0.1, -0.05) is 36.4 Å². The van der Waals surface area contributed by atoms with E-state index in [-0.39, 0.29) is 42.5 Å². The highest BCUT2D eigenvalue weighted by Gasteiger charge is 2.32. The zero-order valence-corrected chi connectivity index (χ0v) is 19.9.